The van der Waals surface area contributed by atoms with Gasteiger partial charge in [-0.3, -0.25) is 19.2 Å². The molecule has 8 heteroatoms. The van der Waals surface area contributed by atoms with Gasteiger partial charge in [0.2, 0.25) is 0 Å². The van der Waals surface area contributed by atoms with Crippen LogP contribution in [0.3, 0.4) is 0 Å². The highest BCUT2D eigenvalue weighted by atomic mass is 16.6. The van der Waals surface area contributed by atoms with Crippen molar-refractivity contribution in [3.05, 3.63) is 24.2 Å². The molecular weight excluding hydrogens is 404 g/mol. The zero-order valence-corrected chi connectivity index (χ0v) is 18.2. The van der Waals surface area contributed by atoms with E-state index < -0.39 is 52.7 Å². The summed E-state index contributed by atoms with van der Waals surface area (Å²) in [5.41, 5.74) is -0.763. The van der Waals surface area contributed by atoms with Crippen LogP contribution >= 0.6 is 0 Å². The number of methoxy groups -OCH3 is 1. The lowest BCUT2D eigenvalue weighted by molar-refractivity contribution is -0.210. The topological polar surface area (TPSA) is 109 Å². The summed E-state index contributed by atoms with van der Waals surface area (Å²) >= 11 is 0. The number of ether oxygens (including phenoxy) is 3. The highest BCUT2D eigenvalue weighted by Crippen LogP contribution is 2.65. The molecule has 0 N–H and O–H groups in total. The van der Waals surface area contributed by atoms with Crippen molar-refractivity contribution >= 4 is 23.7 Å². The first kappa shape index (κ1) is 21.6. The molecule has 0 amide bonds. The molecule has 2 unspecified atom stereocenters. The van der Waals surface area contributed by atoms with Gasteiger partial charge in [0.15, 0.2) is 11.9 Å². The minimum absolute atomic E-state index is 0.0917. The number of esters is 3. The van der Waals surface area contributed by atoms with Crippen molar-refractivity contribution in [3.63, 3.8) is 0 Å². The summed E-state index contributed by atoms with van der Waals surface area (Å²) in [6, 6.07) is 1.74. The molecule has 2 aliphatic carbocycles. The van der Waals surface area contributed by atoms with Crippen molar-refractivity contribution in [1.29, 1.82) is 0 Å². The Balaban J connectivity index is 1.80. The normalized spacial score (nSPS) is 39.7. The second-order valence-corrected chi connectivity index (χ2v) is 9.53. The van der Waals surface area contributed by atoms with Crippen LogP contribution in [0.1, 0.15) is 58.1 Å². The molecule has 0 aromatic carbocycles. The first-order valence-electron chi connectivity index (χ1n) is 10.6. The Morgan fingerprint density at radius 3 is 2.55 bits per heavy atom. The zero-order chi connectivity index (χ0) is 22.6. The van der Waals surface area contributed by atoms with Gasteiger partial charge < -0.3 is 18.6 Å². The summed E-state index contributed by atoms with van der Waals surface area (Å²) in [5.74, 6) is -3.35. The van der Waals surface area contributed by atoms with E-state index in [0.29, 0.717) is 19.3 Å². The van der Waals surface area contributed by atoms with Gasteiger partial charge in [-0.15, -0.1) is 0 Å². The molecule has 3 aliphatic rings. The standard InChI is InChI=1S/C23H28O8/c1-12(24)30-16-9-15(20(26)28-4)22(2)7-5-14-21(27)31-17(13-6-8-29-11-13)10-23(14,3)19(22)18(16)25/h6,8,11,14-17,19H,5,7,9-10H2,1-4H3/t14?,15-,16-,17?,19-,22-,23-/m0/s1. The third-order valence-corrected chi connectivity index (χ3v) is 7.81. The van der Waals surface area contributed by atoms with E-state index >= 15 is 0 Å². The quantitative estimate of drug-likeness (QED) is 0.530. The SMILES string of the molecule is COC(=O)[C@@H]1C[C@H](OC(C)=O)C(=O)[C@H]2[C@@]1(C)CCC1C(=O)OC(c3ccoc3)C[C@@]12C. The van der Waals surface area contributed by atoms with Crippen molar-refractivity contribution in [2.45, 2.75) is 58.7 Å². The van der Waals surface area contributed by atoms with Crippen molar-refractivity contribution < 1.29 is 37.8 Å². The van der Waals surface area contributed by atoms with Crippen LogP contribution in [-0.2, 0) is 33.4 Å². The number of carbonyl (C=O) groups excluding carboxylic acids is 4. The average molecular weight is 432 g/mol. The van der Waals surface area contributed by atoms with Crippen LogP contribution in [0.2, 0.25) is 0 Å². The molecule has 0 radical (unpaired) electrons. The van der Waals surface area contributed by atoms with E-state index in [1.54, 1.807) is 6.07 Å². The second kappa shape index (κ2) is 7.50. The van der Waals surface area contributed by atoms with Crippen LogP contribution in [0.5, 0.6) is 0 Å². The molecular formula is C23H28O8. The number of Topliss-reactive ketones (excluding diaryl/α,β-unsaturated/α-hetero) is 1. The van der Waals surface area contributed by atoms with Crippen molar-refractivity contribution in [3.8, 4) is 0 Å². The van der Waals surface area contributed by atoms with Gasteiger partial charge in [0, 0.05) is 24.8 Å². The number of rotatable bonds is 3. The Labute approximate surface area is 180 Å². The fourth-order valence-corrected chi connectivity index (χ4v) is 6.46. The van der Waals surface area contributed by atoms with Crippen LogP contribution in [0, 0.1) is 28.6 Å². The molecule has 2 heterocycles. The van der Waals surface area contributed by atoms with Crippen LogP contribution in [0.4, 0.5) is 0 Å². The lowest BCUT2D eigenvalue weighted by Crippen LogP contribution is -2.64. The molecule has 3 fully saturated rings. The van der Waals surface area contributed by atoms with Crippen LogP contribution in [0.25, 0.3) is 0 Å². The monoisotopic (exact) mass is 432 g/mol. The molecule has 4 rings (SSSR count). The number of ketones is 1. The first-order chi connectivity index (χ1) is 14.6. The molecule has 1 aromatic heterocycles. The number of cyclic esters (lactones) is 1. The fraction of sp³-hybridized carbons (Fsp3) is 0.652. The highest BCUT2D eigenvalue weighted by molar-refractivity contribution is 5.93. The lowest BCUT2D eigenvalue weighted by atomic mass is 9.43. The molecule has 7 atom stereocenters. The summed E-state index contributed by atoms with van der Waals surface area (Å²) in [4.78, 5) is 51.2. The molecule has 31 heavy (non-hydrogen) atoms. The van der Waals surface area contributed by atoms with Gasteiger partial charge >= 0.3 is 17.9 Å². The summed E-state index contributed by atoms with van der Waals surface area (Å²) in [6.07, 6.45) is 2.98. The molecule has 8 nitrogen and oxygen atoms in total. The lowest BCUT2D eigenvalue weighted by Gasteiger charge is -2.60. The second-order valence-electron chi connectivity index (χ2n) is 9.53. The number of hydrogen-bond donors (Lipinski definition) is 0. The van der Waals surface area contributed by atoms with Gasteiger partial charge in [0.1, 0.15) is 6.10 Å². The Morgan fingerprint density at radius 2 is 1.94 bits per heavy atom. The Morgan fingerprint density at radius 1 is 1.19 bits per heavy atom. The summed E-state index contributed by atoms with van der Waals surface area (Å²) in [7, 11) is 1.32. The van der Waals surface area contributed by atoms with Gasteiger partial charge in [-0.2, -0.15) is 0 Å². The smallest absolute Gasteiger partial charge is 0.310 e. The van der Waals surface area contributed by atoms with Gasteiger partial charge in [-0.1, -0.05) is 13.8 Å². The third-order valence-electron chi connectivity index (χ3n) is 7.81. The van der Waals surface area contributed by atoms with E-state index in [2.05, 4.69) is 0 Å². The highest BCUT2D eigenvalue weighted by Gasteiger charge is 2.67. The summed E-state index contributed by atoms with van der Waals surface area (Å²) in [5, 5.41) is 0. The van der Waals surface area contributed by atoms with Crippen LogP contribution in [-0.4, -0.2) is 36.9 Å². The van der Waals surface area contributed by atoms with Crippen LogP contribution < -0.4 is 0 Å². The Kier molecular flexibility index (Phi) is 5.22. The first-order valence-corrected chi connectivity index (χ1v) is 10.6. The molecule has 168 valence electrons. The molecule has 1 aromatic rings. The van der Waals surface area contributed by atoms with Gasteiger partial charge in [-0.25, -0.2) is 0 Å². The van der Waals surface area contributed by atoms with Crippen LogP contribution in [0.15, 0.2) is 23.0 Å². The third kappa shape index (κ3) is 3.27. The van der Waals surface area contributed by atoms with E-state index in [0.717, 1.165) is 5.56 Å². The number of carbonyl (C=O) groups is 4. The maximum atomic E-state index is 13.7. The van der Waals surface area contributed by atoms with Crippen molar-refractivity contribution in [2.24, 2.45) is 28.6 Å². The number of furan rings is 1. The maximum absolute atomic E-state index is 13.7. The van der Waals surface area contributed by atoms with E-state index in [9.17, 15) is 19.2 Å². The summed E-state index contributed by atoms with van der Waals surface area (Å²) in [6.45, 7) is 5.09. The molecule has 1 aliphatic heterocycles. The fourth-order valence-electron chi connectivity index (χ4n) is 6.46. The molecule has 2 saturated carbocycles. The average Bonchev–Trinajstić information content (AvgIpc) is 3.23. The minimum Gasteiger partial charge on any atom is -0.472 e. The zero-order valence-electron chi connectivity index (χ0n) is 18.2. The predicted octanol–water partition coefficient (Wildman–Crippen LogP) is 3.00. The molecule has 0 spiro atoms. The van der Waals surface area contributed by atoms with Crippen molar-refractivity contribution in [2.75, 3.05) is 7.11 Å². The van der Waals surface area contributed by atoms with Gasteiger partial charge in [0.05, 0.1) is 31.5 Å². The number of hydrogen-bond acceptors (Lipinski definition) is 8. The van der Waals surface area contributed by atoms with E-state index in [4.69, 9.17) is 18.6 Å². The van der Waals surface area contributed by atoms with Gasteiger partial charge in [0.25, 0.3) is 0 Å². The van der Waals surface area contributed by atoms with E-state index in [1.807, 2.05) is 13.8 Å². The molecule has 1 saturated heterocycles. The molecule has 0 bridgehead atoms. The largest absolute Gasteiger partial charge is 0.472 e. The van der Waals surface area contributed by atoms with E-state index in [1.165, 1.54) is 26.6 Å². The number of fused-ring (bicyclic) bond motifs is 3. The van der Waals surface area contributed by atoms with Gasteiger partial charge in [-0.05, 0) is 36.2 Å². The Hall–Kier alpha value is -2.64. The van der Waals surface area contributed by atoms with Crippen molar-refractivity contribution in [1.82, 2.24) is 0 Å². The minimum atomic E-state index is -1.04. The summed E-state index contributed by atoms with van der Waals surface area (Å²) < 4.78 is 21.3. The maximum Gasteiger partial charge on any atom is 0.310 e. The Bertz CT molecular complexity index is 905. The predicted molar refractivity (Wildman–Crippen MR) is 105 cm³/mol. The van der Waals surface area contributed by atoms with E-state index in [-0.39, 0.29) is 18.2 Å².